The van der Waals surface area contributed by atoms with E-state index in [2.05, 4.69) is 14.8 Å². The maximum atomic E-state index is 12.7. The molecule has 0 saturated carbocycles. The second-order valence-corrected chi connectivity index (χ2v) is 7.43. The smallest absolute Gasteiger partial charge is 0.255 e. The number of imidazole rings is 1. The third-order valence-corrected chi connectivity index (χ3v) is 5.51. The van der Waals surface area contributed by atoms with Crippen molar-refractivity contribution in [3.8, 4) is 0 Å². The minimum absolute atomic E-state index is 0.142. The Hall–Kier alpha value is -1.48. The molecular weight excluding hydrogens is 334 g/mol. The molecule has 0 aromatic carbocycles. The first-order valence-corrected chi connectivity index (χ1v) is 9.43. The van der Waals surface area contributed by atoms with Crippen molar-refractivity contribution < 1.29 is 14.6 Å². The number of piperidine rings is 1. The lowest BCUT2D eigenvalue weighted by molar-refractivity contribution is -0.160. The Kier molecular flexibility index (Phi) is 6.29. The summed E-state index contributed by atoms with van der Waals surface area (Å²) in [5.41, 5.74) is -1.26. The van der Waals surface area contributed by atoms with Crippen molar-refractivity contribution in [1.29, 1.82) is 0 Å². The number of piperazine rings is 1. The summed E-state index contributed by atoms with van der Waals surface area (Å²) < 4.78 is 7.12. The fraction of sp³-hybridized carbons (Fsp3) is 0.778. The number of amides is 1. The van der Waals surface area contributed by atoms with Gasteiger partial charge in [-0.25, -0.2) is 4.98 Å². The van der Waals surface area contributed by atoms with Gasteiger partial charge >= 0.3 is 0 Å². The molecule has 2 saturated heterocycles. The van der Waals surface area contributed by atoms with E-state index >= 15 is 0 Å². The second-order valence-electron chi connectivity index (χ2n) is 7.43. The number of ether oxygens (including phenoxy) is 1. The highest BCUT2D eigenvalue weighted by atomic mass is 16.5. The molecule has 8 heteroatoms. The van der Waals surface area contributed by atoms with Crippen LogP contribution in [-0.2, 0) is 23.1 Å². The van der Waals surface area contributed by atoms with E-state index in [9.17, 15) is 9.90 Å². The summed E-state index contributed by atoms with van der Waals surface area (Å²) in [5, 5.41) is 11.0. The Labute approximate surface area is 155 Å². The molecule has 0 aliphatic carbocycles. The largest absolute Gasteiger partial charge is 0.383 e. The Balaban J connectivity index is 1.50. The van der Waals surface area contributed by atoms with E-state index in [1.807, 2.05) is 24.0 Å². The van der Waals surface area contributed by atoms with Crippen LogP contribution in [0, 0.1) is 0 Å². The molecule has 2 aliphatic heterocycles. The molecule has 26 heavy (non-hydrogen) atoms. The van der Waals surface area contributed by atoms with Crippen LogP contribution in [0.25, 0.3) is 0 Å². The number of nitrogens with zero attached hydrogens (tertiary/aromatic N) is 5. The third kappa shape index (κ3) is 4.43. The number of methoxy groups -OCH3 is 1. The standard InChI is InChI=1S/C18H31N5O3/c1-20-7-5-19-16(20)14-21-8-10-22(11-9-21)15-18(25)4-3-6-23(17(18)24)12-13-26-2/h5,7,25H,3-4,6,8-15H2,1-2H3. The fourth-order valence-electron chi connectivity index (χ4n) is 3.85. The average Bonchev–Trinajstić information content (AvgIpc) is 3.03. The summed E-state index contributed by atoms with van der Waals surface area (Å²) in [6.45, 7) is 6.59. The van der Waals surface area contributed by atoms with Crippen LogP contribution in [0.2, 0.25) is 0 Å². The molecule has 1 aromatic heterocycles. The first-order valence-electron chi connectivity index (χ1n) is 9.43. The lowest BCUT2D eigenvalue weighted by Gasteiger charge is -2.43. The SMILES string of the molecule is COCCN1CCCC(O)(CN2CCN(Cc3nccn3C)CC2)C1=O. The molecule has 1 amide bonds. The van der Waals surface area contributed by atoms with Gasteiger partial charge in [0, 0.05) is 72.4 Å². The molecule has 146 valence electrons. The molecule has 0 spiro atoms. The minimum atomic E-state index is -1.26. The molecule has 1 unspecified atom stereocenters. The van der Waals surface area contributed by atoms with Gasteiger partial charge in [0.25, 0.3) is 5.91 Å². The Bertz CT molecular complexity index is 599. The highest BCUT2D eigenvalue weighted by Crippen LogP contribution is 2.24. The lowest BCUT2D eigenvalue weighted by atomic mass is 9.91. The molecular formula is C18H31N5O3. The molecule has 2 fully saturated rings. The number of aliphatic hydroxyl groups is 1. The van der Waals surface area contributed by atoms with E-state index in [0.29, 0.717) is 32.7 Å². The first-order chi connectivity index (χ1) is 12.5. The van der Waals surface area contributed by atoms with Gasteiger partial charge in [-0.2, -0.15) is 0 Å². The molecule has 1 N–H and O–H groups in total. The van der Waals surface area contributed by atoms with Crippen LogP contribution in [0.1, 0.15) is 18.7 Å². The maximum absolute atomic E-state index is 12.7. The van der Waals surface area contributed by atoms with Crippen molar-refractivity contribution >= 4 is 5.91 Å². The zero-order valence-electron chi connectivity index (χ0n) is 15.9. The molecule has 2 aliphatic rings. The van der Waals surface area contributed by atoms with Crippen molar-refractivity contribution in [3.05, 3.63) is 18.2 Å². The van der Waals surface area contributed by atoms with Gasteiger partial charge in [-0.05, 0) is 12.8 Å². The van der Waals surface area contributed by atoms with Gasteiger partial charge in [0.15, 0.2) is 5.60 Å². The summed E-state index contributed by atoms with van der Waals surface area (Å²) in [6.07, 6.45) is 5.17. The highest BCUT2D eigenvalue weighted by molar-refractivity contribution is 5.86. The zero-order chi connectivity index (χ0) is 18.6. The molecule has 1 aromatic rings. The summed E-state index contributed by atoms with van der Waals surface area (Å²) in [7, 11) is 3.64. The van der Waals surface area contributed by atoms with Crippen LogP contribution in [0.3, 0.4) is 0 Å². The van der Waals surface area contributed by atoms with Gasteiger partial charge in [-0.1, -0.05) is 0 Å². The van der Waals surface area contributed by atoms with Gasteiger partial charge in [0.05, 0.1) is 13.2 Å². The number of likely N-dealkylation sites (tertiary alicyclic amines) is 1. The summed E-state index contributed by atoms with van der Waals surface area (Å²) in [6, 6.07) is 0. The normalized spacial score (nSPS) is 25.8. The van der Waals surface area contributed by atoms with Gasteiger partial charge in [0.1, 0.15) is 5.82 Å². The van der Waals surface area contributed by atoms with Crippen LogP contribution >= 0.6 is 0 Å². The quantitative estimate of drug-likeness (QED) is 0.705. The molecule has 3 rings (SSSR count). The third-order valence-electron chi connectivity index (χ3n) is 5.51. The number of carbonyl (C=O) groups excluding carboxylic acids is 1. The molecule has 3 heterocycles. The van der Waals surface area contributed by atoms with Crippen LogP contribution < -0.4 is 0 Å². The van der Waals surface area contributed by atoms with Crippen LogP contribution in [-0.4, -0.2) is 100 Å². The van der Waals surface area contributed by atoms with Crippen molar-refractivity contribution in [1.82, 2.24) is 24.3 Å². The second kappa shape index (κ2) is 8.47. The monoisotopic (exact) mass is 365 g/mol. The van der Waals surface area contributed by atoms with E-state index in [-0.39, 0.29) is 5.91 Å². The van der Waals surface area contributed by atoms with Crippen molar-refractivity contribution in [2.75, 3.05) is 59.5 Å². The number of carbonyl (C=O) groups is 1. The van der Waals surface area contributed by atoms with Gasteiger partial charge < -0.3 is 19.3 Å². The van der Waals surface area contributed by atoms with Crippen molar-refractivity contribution in [2.45, 2.75) is 25.0 Å². The van der Waals surface area contributed by atoms with E-state index in [1.165, 1.54) is 0 Å². The van der Waals surface area contributed by atoms with Crippen LogP contribution in [0.5, 0.6) is 0 Å². The zero-order valence-corrected chi connectivity index (χ0v) is 15.9. The number of aromatic nitrogens is 2. The van der Waals surface area contributed by atoms with E-state index in [1.54, 1.807) is 12.0 Å². The van der Waals surface area contributed by atoms with Crippen LogP contribution in [0.4, 0.5) is 0 Å². The predicted octanol–water partition coefficient (Wildman–Crippen LogP) is -0.462. The minimum Gasteiger partial charge on any atom is -0.383 e. The molecule has 0 radical (unpaired) electrons. The number of aryl methyl sites for hydroxylation is 1. The predicted molar refractivity (Wildman–Crippen MR) is 97.6 cm³/mol. The summed E-state index contributed by atoms with van der Waals surface area (Å²) in [5.74, 6) is 0.921. The maximum Gasteiger partial charge on any atom is 0.255 e. The topological polar surface area (TPSA) is 74.1 Å². The van der Waals surface area contributed by atoms with Gasteiger partial charge in [0.2, 0.25) is 0 Å². The van der Waals surface area contributed by atoms with Crippen molar-refractivity contribution in [3.63, 3.8) is 0 Å². The number of hydrogen-bond acceptors (Lipinski definition) is 6. The number of hydrogen-bond donors (Lipinski definition) is 1. The number of β-amino-alcohol motifs (C(OH)–C–C–N with tert-alkyl or cyclic N) is 1. The van der Waals surface area contributed by atoms with Crippen LogP contribution in [0.15, 0.2) is 12.4 Å². The number of rotatable bonds is 7. The molecule has 0 bridgehead atoms. The summed E-state index contributed by atoms with van der Waals surface area (Å²) in [4.78, 5) is 23.4. The van der Waals surface area contributed by atoms with Gasteiger partial charge in [-0.3, -0.25) is 14.6 Å². The Morgan fingerprint density at radius 1 is 1.23 bits per heavy atom. The fourth-order valence-corrected chi connectivity index (χ4v) is 3.85. The average molecular weight is 365 g/mol. The van der Waals surface area contributed by atoms with E-state index < -0.39 is 5.60 Å². The lowest BCUT2D eigenvalue weighted by Crippen LogP contribution is -2.60. The molecule has 8 nitrogen and oxygen atoms in total. The first kappa shape index (κ1) is 19.3. The van der Waals surface area contributed by atoms with E-state index in [4.69, 9.17) is 4.74 Å². The van der Waals surface area contributed by atoms with Gasteiger partial charge in [-0.15, -0.1) is 0 Å². The van der Waals surface area contributed by atoms with Crippen molar-refractivity contribution in [2.24, 2.45) is 7.05 Å². The summed E-state index contributed by atoms with van der Waals surface area (Å²) >= 11 is 0. The Morgan fingerprint density at radius 3 is 2.62 bits per heavy atom. The highest BCUT2D eigenvalue weighted by Gasteiger charge is 2.43. The van der Waals surface area contributed by atoms with E-state index in [0.717, 1.165) is 45.0 Å². The Morgan fingerprint density at radius 2 is 1.96 bits per heavy atom. The molecule has 1 atom stereocenters.